The lowest BCUT2D eigenvalue weighted by molar-refractivity contribution is -0.136. The standard InChI is InChI=1S/C9H14N2O2/c1-6(2)9-10-5-7(11(9)3)4-8(12)13/h5-6H,4H2,1-3H3,(H,12,13). The zero-order valence-electron chi connectivity index (χ0n) is 8.11. The normalized spacial score (nSPS) is 10.8. The van der Waals surface area contributed by atoms with Crippen LogP contribution >= 0.6 is 0 Å². The first-order chi connectivity index (χ1) is 6.02. The van der Waals surface area contributed by atoms with Crippen LogP contribution in [0, 0.1) is 0 Å². The maximum Gasteiger partial charge on any atom is 0.309 e. The minimum Gasteiger partial charge on any atom is -0.481 e. The zero-order chi connectivity index (χ0) is 10.0. The molecule has 0 bridgehead atoms. The molecule has 0 atom stereocenters. The van der Waals surface area contributed by atoms with Gasteiger partial charge in [-0.15, -0.1) is 0 Å². The van der Waals surface area contributed by atoms with Crippen LogP contribution in [0.4, 0.5) is 0 Å². The van der Waals surface area contributed by atoms with Crippen LogP contribution in [0.1, 0.15) is 31.3 Å². The van der Waals surface area contributed by atoms with Gasteiger partial charge in [0.2, 0.25) is 0 Å². The molecule has 4 heteroatoms. The highest BCUT2D eigenvalue weighted by molar-refractivity contribution is 5.69. The number of hydrogen-bond donors (Lipinski definition) is 1. The Balaban J connectivity index is 2.92. The third kappa shape index (κ3) is 2.08. The first-order valence-corrected chi connectivity index (χ1v) is 4.24. The lowest BCUT2D eigenvalue weighted by atomic mass is 10.2. The van der Waals surface area contributed by atoms with Crippen LogP contribution < -0.4 is 0 Å². The molecule has 1 rings (SSSR count). The number of carbonyl (C=O) groups is 1. The molecule has 1 aromatic rings. The summed E-state index contributed by atoms with van der Waals surface area (Å²) < 4.78 is 1.85. The van der Waals surface area contributed by atoms with E-state index in [2.05, 4.69) is 4.98 Å². The average molecular weight is 182 g/mol. The van der Waals surface area contributed by atoms with Gasteiger partial charge in [-0.1, -0.05) is 13.8 Å². The second-order valence-corrected chi connectivity index (χ2v) is 3.39. The van der Waals surface area contributed by atoms with Crippen molar-refractivity contribution in [3.05, 3.63) is 17.7 Å². The highest BCUT2D eigenvalue weighted by atomic mass is 16.4. The molecular formula is C9H14N2O2. The summed E-state index contributed by atoms with van der Waals surface area (Å²) in [6, 6.07) is 0. The second kappa shape index (κ2) is 3.60. The van der Waals surface area contributed by atoms with Crippen molar-refractivity contribution >= 4 is 5.97 Å². The predicted octanol–water partition coefficient (Wildman–Crippen LogP) is 1.17. The predicted molar refractivity (Wildman–Crippen MR) is 48.6 cm³/mol. The van der Waals surface area contributed by atoms with Crippen molar-refractivity contribution in [3.8, 4) is 0 Å². The van der Waals surface area contributed by atoms with E-state index in [1.807, 2.05) is 25.5 Å². The Hall–Kier alpha value is -1.32. The number of imidazole rings is 1. The molecule has 0 radical (unpaired) electrons. The number of rotatable bonds is 3. The van der Waals surface area contributed by atoms with Crippen molar-refractivity contribution in [2.45, 2.75) is 26.2 Å². The van der Waals surface area contributed by atoms with Gasteiger partial charge in [-0.2, -0.15) is 0 Å². The maximum atomic E-state index is 10.5. The Morgan fingerprint density at radius 2 is 2.31 bits per heavy atom. The summed E-state index contributed by atoms with van der Waals surface area (Å²) in [7, 11) is 1.85. The van der Waals surface area contributed by atoms with Gasteiger partial charge in [-0.25, -0.2) is 4.98 Å². The molecule has 0 aliphatic carbocycles. The monoisotopic (exact) mass is 182 g/mol. The SMILES string of the molecule is CC(C)c1ncc(CC(=O)O)n1C. The summed E-state index contributed by atoms with van der Waals surface area (Å²) in [5.41, 5.74) is 0.746. The number of hydrogen-bond acceptors (Lipinski definition) is 2. The molecule has 0 saturated heterocycles. The Morgan fingerprint density at radius 1 is 1.69 bits per heavy atom. The van der Waals surface area contributed by atoms with Gasteiger partial charge in [0.1, 0.15) is 5.82 Å². The molecule has 13 heavy (non-hydrogen) atoms. The zero-order valence-corrected chi connectivity index (χ0v) is 8.11. The van der Waals surface area contributed by atoms with Gasteiger partial charge >= 0.3 is 5.97 Å². The van der Waals surface area contributed by atoms with E-state index in [-0.39, 0.29) is 6.42 Å². The van der Waals surface area contributed by atoms with Crippen LogP contribution in [-0.2, 0) is 18.3 Å². The van der Waals surface area contributed by atoms with Crippen LogP contribution in [0.3, 0.4) is 0 Å². The number of carboxylic acid groups (broad SMARTS) is 1. The van der Waals surface area contributed by atoms with Crippen LogP contribution in [0.25, 0.3) is 0 Å². The van der Waals surface area contributed by atoms with E-state index < -0.39 is 5.97 Å². The Kier molecular flexibility index (Phi) is 2.70. The van der Waals surface area contributed by atoms with E-state index in [4.69, 9.17) is 5.11 Å². The summed E-state index contributed by atoms with van der Waals surface area (Å²) in [5, 5.41) is 8.60. The van der Waals surface area contributed by atoms with E-state index in [0.29, 0.717) is 5.92 Å². The van der Waals surface area contributed by atoms with Crippen LogP contribution in [-0.4, -0.2) is 20.6 Å². The van der Waals surface area contributed by atoms with Crippen molar-refractivity contribution < 1.29 is 9.90 Å². The average Bonchev–Trinajstić information content (AvgIpc) is 2.32. The van der Waals surface area contributed by atoms with Crippen molar-refractivity contribution in [1.29, 1.82) is 0 Å². The van der Waals surface area contributed by atoms with Crippen molar-refractivity contribution in [3.63, 3.8) is 0 Å². The molecule has 4 nitrogen and oxygen atoms in total. The highest BCUT2D eigenvalue weighted by Gasteiger charge is 2.11. The molecule has 0 unspecified atom stereocenters. The van der Waals surface area contributed by atoms with E-state index in [1.165, 1.54) is 0 Å². The van der Waals surface area contributed by atoms with Crippen molar-refractivity contribution in [1.82, 2.24) is 9.55 Å². The summed E-state index contributed by atoms with van der Waals surface area (Å²) >= 11 is 0. The molecule has 72 valence electrons. The summed E-state index contributed by atoms with van der Waals surface area (Å²) in [4.78, 5) is 14.6. The van der Waals surface area contributed by atoms with E-state index in [9.17, 15) is 4.79 Å². The van der Waals surface area contributed by atoms with Crippen LogP contribution in [0.5, 0.6) is 0 Å². The lowest BCUT2D eigenvalue weighted by Gasteiger charge is -2.06. The Bertz CT molecular complexity index is 315. The smallest absolute Gasteiger partial charge is 0.309 e. The molecule has 1 heterocycles. The van der Waals surface area contributed by atoms with Crippen molar-refractivity contribution in [2.24, 2.45) is 7.05 Å². The summed E-state index contributed by atoms with van der Waals surface area (Å²) in [6.07, 6.45) is 1.67. The number of carboxylic acids is 1. The summed E-state index contributed by atoms with van der Waals surface area (Å²) in [6.45, 7) is 4.07. The van der Waals surface area contributed by atoms with Gasteiger partial charge in [0, 0.05) is 24.9 Å². The van der Waals surface area contributed by atoms with Crippen molar-refractivity contribution in [2.75, 3.05) is 0 Å². The van der Waals surface area contributed by atoms with Gasteiger partial charge < -0.3 is 9.67 Å². The molecule has 0 saturated carbocycles. The fraction of sp³-hybridized carbons (Fsp3) is 0.556. The number of aromatic nitrogens is 2. The molecule has 0 aromatic carbocycles. The molecular weight excluding hydrogens is 168 g/mol. The largest absolute Gasteiger partial charge is 0.481 e. The Labute approximate surface area is 77.2 Å². The molecule has 0 aliphatic heterocycles. The van der Waals surface area contributed by atoms with E-state index in [1.54, 1.807) is 6.20 Å². The number of aliphatic carboxylic acids is 1. The van der Waals surface area contributed by atoms with E-state index >= 15 is 0 Å². The molecule has 0 amide bonds. The van der Waals surface area contributed by atoms with E-state index in [0.717, 1.165) is 11.5 Å². The van der Waals surface area contributed by atoms with Gasteiger partial charge in [0.05, 0.1) is 6.42 Å². The molecule has 1 aromatic heterocycles. The van der Waals surface area contributed by atoms with Gasteiger partial charge in [0.15, 0.2) is 0 Å². The third-order valence-corrected chi connectivity index (χ3v) is 1.97. The topological polar surface area (TPSA) is 55.1 Å². The fourth-order valence-electron chi connectivity index (χ4n) is 1.32. The third-order valence-electron chi connectivity index (χ3n) is 1.97. The maximum absolute atomic E-state index is 10.5. The number of nitrogens with zero attached hydrogens (tertiary/aromatic N) is 2. The minimum absolute atomic E-state index is 0.0379. The molecule has 0 spiro atoms. The Morgan fingerprint density at radius 3 is 2.69 bits per heavy atom. The molecule has 1 N–H and O–H groups in total. The van der Waals surface area contributed by atoms with Crippen LogP contribution in [0.15, 0.2) is 6.20 Å². The van der Waals surface area contributed by atoms with Gasteiger partial charge in [-0.05, 0) is 0 Å². The first kappa shape index (κ1) is 9.77. The van der Waals surface area contributed by atoms with Gasteiger partial charge in [-0.3, -0.25) is 4.79 Å². The van der Waals surface area contributed by atoms with Crippen LogP contribution in [0.2, 0.25) is 0 Å². The second-order valence-electron chi connectivity index (χ2n) is 3.39. The first-order valence-electron chi connectivity index (χ1n) is 4.24. The summed E-state index contributed by atoms with van der Waals surface area (Å²) in [5.74, 6) is 0.433. The molecule has 0 aliphatic rings. The van der Waals surface area contributed by atoms with Gasteiger partial charge in [0.25, 0.3) is 0 Å². The lowest BCUT2D eigenvalue weighted by Crippen LogP contribution is -2.07. The highest BCUT2D eigenvalue weighted by Crippen LogP contribution is 2.13. The minimum atomic E-state index is -0.821. The fourth-order valence-corrected chi connectivity index (χ4v) is 1.32. The quantitative estimate of drug-likeness (QED) is 0.763. The molecule has 0 fully saturated rings.